The molecule has 0 bridgehead atoms. The van der Waals surface area contributed by atoms with Crippen molar-refractivity contribution in [2.24, 2.45) is 11.8 Å². The molecule has 4 rings (SSSR count). The molecule has 2 aromatic rings. The molecule has 15 heteroatoms. The Morgan fingerprint density at radius 1 is 1.07 bits per heavy atom. The van der Waals surface area contributed by atoms with E-state index in [-0.39, 0.29) is 24.5 Å². The summed E-state index contributed by atoms with van der Waals surface area (Å²) in [6.07, 6.45) is -5.08. The highest BCUT2D eigenvalue weighted by atomic mass is 32.2. The van der Waals surface area contributed by atoms with Crippen LogP contribution in [0.1, 0.15) is 25.0 Å². The first kappa shape index (κ1) is 33.7. The van der Waals surface area contributed by atoms with Gasteiger partial charge in [-0.1, -0.05) is 55.0 Å². The van der Waals surface area contributed by atoms with Gasteiger partial charge in [-0.15, -0.1) is 0 Å². The number of sulfonamides is 1. The number of esters is 1. The van der Waals surface area contributed by atoms with Gasteiger partial charge in [-0.3, -0.25) is 24.6 Å². The Balaban J connectivity index is 0.000000646. The fourth-order valence-corrected chi connectivity index (χ4v) is 6.76. The Hall–Kier alpha value is -3.82. The van der Waals surface area contributed by atoms with Gasteiger partial charge in [-0.25, -0.2) is 13.2 Å². The molecule has 2 aliphatic rings. The highest BCUT2D eigenvalue weighted by molar-refractivity contribution is 7.89. The molecule has 0 radical (unpaired) electrons. The summed E-state index contributed by atoms with van der Waals surface area (Å²) in [6.45, 7) is 5.26. The smallest absolute Gasteiger partial charge is 0.475 e. The molecule has 2 N–H and O–H groups in total. The molecule has 43 heavy (non-hydrogen) atoms. The van der Waals surface area contributed by atoms with Crippen molar-refractivity contribution < 1.29 is 50.6 Å². The average molecular weight is 628 g/mol. The lowest BCUT2D eigenvalue weighted by atomic mass is 9.81. The maximum Gasteiger partial charge on any atom is 0.490 e. The molecule has 4 atom stereocenters. The van der Waals surface area contributed by atoms with E-state index in [9.17, 15) is 36.0 Å². The minimum absolute atomic E-state index is 0.0780. The summed E-state index contributed by atoms with van der Waals surface area (Å²) in [7, 11) is -2.65. The van der Waals surface area contributed by atoms with E-state index in [0.29, 0.717) is 0 Å². The highest BCUT2D eigenvalue weighted by Gasteiger charge is 2.66. The minimum Gasteiger partial charge on any atom is -0.475 e. The van der Waals surface area contributed by atoms with Crippen molar-refractivity contribution in [1.29, 1.82) is 0 Å². The lowest BCUT2D eigenvalue weighted by molar-refractivity contribution is -0.192. The first-order valence-electron chi connectivity index (χ1n) is 13.1. The fraction of sp³-hybridized carbons (Fsp3) is 0.429. The zero-order chi connectivity index (χ0) is 32.3. The first-order valence-corrected chi connectivity index (χ1v) is 14.5. The third-order valence-electron chi connectivity index (χ3n) is 7.43. The van der Waals surface area contributed by atoms with Crippen LogP contribution in [-0.4, -0.2) is 84.4 Å². The van der Waals surface area contributed by atoms with Gasteiger partial charge < -0.3 is 9.84 Å². The second-order valence-electron chi connectivity index (χ2n) is 10.3. The van der Waals surface area contributed by atoms with Crippen LogP contribution in [0.25, 0.3) is 0 Å². The number of nitrogens with zero attached hydrogens (tertiary/aromatic N) is 2. The van der Waals surface area contributed by atoms with Crippen LogP contribution in [0, 0.1) is 18.8 Å². The quantitative estimate of drug-likeness (QED) is 0.332. The van der Waals surface area contributed by atoms with Crippen LogP contribution in [0.3, 0.4) is 0 Å². The lowest BCUT2D eigenvalue weighted by Crippen LogP contribution is -2.56. The predicted octanol–water partition coefficient (Wildman–Crippen LogP) is 2.34. The molecule has 2 amide bonds. The van der Waals surface area contributed by atoms with Gasteiger partial charge in [0.15, 0.2) is 0 Å². The molecule has 0 unspecified atom stereocenters. The topological polar surface area (TPSA) is 150 Å². The number of aliphatic carboxylic acids is 1. The zero-order valence-electron chi connectivity index (χ0n) is 23.8. The number of carbonyl (C=O) groups is 4. The molecule has 2 saturated heterocycles. The van der Waals surface area contributed by atoms with Crippen molar-refractivity contribution in [3.8, 4) is 0 Å². The van der Waals surface area contributed by atoms with Crippen molar-refractivity contribution in [2.45, 2.75) is 50.0 Å². The number of rotatable bonds is 8. The maximum atomic E-state index is 13.6. The van der Waals surface area contributed by atoms with Crippen LogP contribution in [0.15, 0.2) is 59.5 Å². The van der Waals surface area contributed by atoms with Crippen LogP contribution in [0.2, 0.25) is 0 Å². The van der Waals surface area contributed by atoms with Crippen molar-refractivity contribution in [3.05, 3.63) is 65.7 Å². The van der Waals surface area contributed by atoms with Gasteiger partial charge >= 0.3 is 18.1 Å². The molecule has 2 aromatic carbocycles. The summed E-state index contributed by atoms with van der Waals surface area (Å²) >= 11 is 0. The number of halogens is 3. The van der Waals surface area contributed by atoms with Crippen molar-refractivity contribution in [2.75, 3.05) is 20.2 Å². The van der Waals surface area contributed by atoms with Crippen molar-refractivity contribution in [3.63, 3.8) is 0 Å². The number of hydrogen-bond donors (Lipinski definition) is 2. The standard InChI is InChI=1S/C26H31N3O6S.C2HF3O2/c1-5-28(36(33,34)19-13-11-17(2)12-14-19)16-20-21-22(26(3,27-20)25(32)35-4)24(31)29(23(21)30)15-18-9-7-6-8-10-18;3-2(4,5)1(6)7/h6-14,20-22,27H,5,15-16H2,1-4H3;(H,6,7)/t20-,21+,22-,26-;/m1./s1. The summed E-state index contributed by atoms with van der Waals surface area (Å²) in [6, 6.07) is 14.9. The third-order valence-corrected chi connectivity index (χ3v) is 9.39. The fourth-order valence-electron chi connectivity index (χ4n) is 5.28. The molecule has 2 aliphatic heterocycles. The Kier molecular flexibility index (Phi) is 10.0. The van der Waals surface area contributed by atoms with E-state index in [1.54, 1.807) is 38.1 Å². The first-order chi connectivity index (χ1) is 20.0. The van der Waals surface area contributed by atoms with E-state index in [4.69, 9.17) is 14.6 Å². The van der Waals surface area contributed by atoms with Crippen LogP contribution in [0.4, 0.5) is 13.2 Å². The van der Waals surface area contributed by atoms with Crippen LogP contribution in [-0.2, 0) is 40.5 Å². The molecule has 0 aromatic heterocycles. The number of likely N-dealkylation sites (tertiary alicyclic amines) is 1. The number of likely N-dealkylation sites (N-methyl/N-ethyl adjacent to an activating group) is 1. The molecule has 11 nitrogen and oxygen atoms in total. The van der Waals surface area contributed by atoms with Crippen LogP contribution in [0.5, 0.6) is 0 Å². The summed E-state index contributed by atoms with van der Waals surface area (Å²) in [4.78, 5) is 50.2. The zero-order valence-corrected chi connectivity index (χ0v) is 24.6. The second kappa shape index (κ2) is 12.8. The molecule has 2 fully saturated rings. The van der Waals surface area contributed by atoms with Crippen molar-refractivity contribution in [1.82, 2.24) is 14.5 Å². The van der Waals surface area contributed by atoms with E-state index in [0.717, 1.165) is 11.1 Å². The number of amides is 2. The summed E-state index contributed by atoms with van der Waals surface area (Å²) < 4.78 is 64.8. The molecular weight excluding hydrogens is 595 g/mol. The molecule has 234 valence electrons. The Morgan fingerprint density at radius 3 is 2.12 bits per heavy atom. The van der Waals surface area contributed by atoms with Crippen LogP contribution < -0.4 is 5.32 Å². The van der Waals surface area contributed by atoms with E-state index >= 15 is 0 Å². The average Bonchev–Trinajstić information content (AvgIpc) is 3.39. The lowest BCUT2D eigenvalue weighted by Gasteiger charge is -2.30. The maximum absolute atomic E-state index is 13.6. The van der Waals surface area contributed by atoms with Crippen LogP contribution >= 0.6 is 0 Å². The predicted molar refractivity (Wildman–Crippen MR) is 146 cm³/mol. The highest BCUT2D eigenvalue weighted by Crippen LogP contribution is 2.44. The Morgan fingerprint density at radius 2 is 1.63 bits per heavy atom. The molecule has 0 aliphatic carbocycles. The van der Waals surface area contributed by atoms with Gasteiger partial charge in [0, 0.05) is 19.1 Å². The van der Waals surface area contributed by atoms with E-state index in [2.05, 4.69) is 5.32 Å². The van der Waals surface area contributed by atoms with E-state index in [1.165, 1.54) is 16.3 Å². The molecule has 0 saturated carbocycles. The number of carboxylic acid groups (broad SMARTS) is 1. The van der Waals surface area contributed by atoms with Gasteiger partial charge in [-0.05, 0) is 31.5 Å². The molecule has 0 spiro atoms. The number of imide groups is 1. The Bertz CT molecular complexity index is 1470. The van der Waals surface area contributed by atoms with Gasteiger partial charge in [-0.2, -0.15) is 17.5 Å². The monoisotopic (exact) mass is 627 g/mol. The van der Waals surface area contributed by atoms with E-state index < -0.39 is 63.4 Å². The summed E-state index contributed by atoms with van der Waals surface area (Å²) in [5.41, 5.74) is 0.232. The van der Waals surface area contributed by atoms with Gasteiger partial charge in [0.25, 0.3) is 0 Å². The number of carboxylic acids is 1. The molecular formula is C28H32F3N3O8S. The number of nitrogens with one attached hydrogen (secondary N) is 1. The number of carbonyl (C=O) groups excluding carboxylic acids is 3. The molecule has 2 heterocycles. The Labute approximate surface area is 246 Å². The number of methoxy groups -OCH3 is 1. The van der Waals surface area contributed by atoms with Gasteiger partial charge in [0.1, 0.15) is 5.54 Å². The number of benzene rings is 2. The third kappa shape index (κ3) is 6.89. The minimum atomic E-state index is -5.08. The number of ether oxygens (including phenoxy) is 1. The number of alkyl halides is 3. The number of aryl methyl sites for hydroxylation is 1. The van der Waals surface area contributed by atoms with Gasteiger partial charge in [0.05, 0.1) is 30.4 Å². The van der Waals surface area contributed by atoms with Crippen molar-refractivity contribution >= 4 is 33.8 Å². The largest absolute Gasteiger partial charge is 0.490 e. The van der Waals surface area contributed by atoms with Gasteiger partial charge in [0.2, 0.25) is 21.8 Å². The summed E-state index contributed by atoms with van der Waals surface area (Å²) in [5.74, 6) is -6.25. The summed E-state index contributed by atoms with van der Waals surface area (Å²) in [5, 5.41) is 10.2. The number of fused-ring (bicyclic) bond motifs is 1. The number of hydrogen-bond acceptors (Lipinski definition) is 8. The SMILES string of the molecule is CCN(C[C@H]1N[C@@](C)(C(=O)OC)[C@H]2C(=O)N(Cc3ccccc3)C(=O)[C@@H]12)S(=O)(=O)c1ccc(C)cc1.O=C(O)C(F)(F)F. The normalized spacial score (nSPS) is 23.5. The van der Waals surface area contributed by atoms with E-state index in [1.807, 2.05) is 37.3 Å². The second-order valence-corrected chi connectivity index (χ2v) is 12.2.